The second-order valence-electron chi connectivity index (χ2n) is 10.2. The van der Waals surface area contributed by atoms with Crippen LogP contribution in [0.25, 0.3) is 11.0 Å². The van der Waals surface area contributed by atoms with Crippen LogP contribution in [0.3, 0.4) is 0 Å². The molecule has 0 saturated heterocycles. The summed E-state index contributed by atoms with van der Waals surface area (Å²) in [6, 6.07) is 18.9. The van der Waals surface area contributed by atoms with Crippen LogP contribution < -0.4 is 5.62 Å². The van der Waals surface area contributed by atoms with Crippen molar-refractivity contribution in [1.29, 1.82) is 5.41 Å². The van der Waals surface area contributed by atoms with Gasteiger partial charge in [-0.1, -0.05) is 63.2 Å². The highest BCUT2D eigenvalue weighted by atomic mass is 19.4. The van der Waals surface area contributed by atoms with Gasteiger partial charge in [0.25, 0.3) is 0 Å². The quantitative estimate of drug-likeness (QED) is 0.196. The SMILES string of the molecule is CC(C)(C)c1cc(C(=O)Cn2c(=N)n(Cc3ccccc3)c3ccccc32)cc(C(=O)OC(=O)C(F)(F)F)c1O. The number of Topliss-reactive ketones (excluding diaryl/α,β-unsaturated/α-hetero) is 1. The van der Waals surface area contributed by atoms with Crippen molar-refractivity contribution in [2.45, 2.75) is 45.5 Å². The fraction of sp³-hybridized carbons (Fsp3) is 0.241. The Kier molecular flexibility index (Phi) is 7.42. The molecule has 1 aromatic heterocycles. The smallest absolute Gasteiger partial charge is 0.491 e. The molecule has 8 nitrogen and oxygen atoms in total. The van der Waals surface area contributed by atoms with Crippen molar-refractivity contribution in [2.75, 3.05) is 0 Å². The first kappa shape index (κ1) is 28.3. The topological polar surface area (TPSA) is 114 Å². The van der Waals surface area contributed by atoms with Crippen molar-refractivity contribution in [3.05, 3.63) is 94.6 Å². The van der Waals surface area contributed by atoms with Gasteiger partial charge in [0.1, 0.15) is 11.3 Å². The summed E-state index contributed by atoms with van der Waals surface area (Å²) in [4.78, 5) is 37.3. The molecule has 3 aromatic carbocycles. The van der Waals surface area contributed by atoms with E-state index >= 15 is 0 Å². The largest absolute Gasteiger partial charge is 0.507 e. The predicted octanol–water partition coefficient (Wildman–Crippen LogP) is 5.10. The lowest BCUT2D eigenvalue weighted by Crippen LogP contribution is -2.29. The van der Waals surface area contributed by atoms with Crippen molar-refractivity contribution in [1.82, 2.24) is 9.13 Å². The number of para-hydroxylation sites is 2. The molecule has 0 saturated carbocycles. The highest BCUT2D eigenvalue weighted by molar-refractivity contribution is 6.04. The number of ether oxygens (including phenoxy) is 1. The number of rotatable bonds is 6. The lowest BCUT2D eigenvalue weighted by molar-refractivity contribution is -0.193. The summed E-state index contributed by atoms with van der Waals surface area (Å²) in [7, 11) is 0. The number of aromatic hydroxyl groups is 1. The van der Waals surface area contributed by atoms with E-state index in [9.17, 15) is 32.7 Å². The zero-order valence-corrected chi connectivity index (χ0v) is 21.9. The first-order chi connectivity index (χ1) is 18.7. The number of esters is 2. The second kappa shape index (κ2) is 10.5. The van der Waals surface area contributed by atoms with E-state index in [1.165, 1.54) is 10.6 Å². The Labute approximate surface area is 226 Å². The van der Waals surface area contributed by atoms with Gasteiger partial charge in [-0.05, 0) is 35.2 Å². The first-order valence-electron chi connectivity index (χ1n) is 12.2. The zero-order chi connectivity index (χ0) is 29.4. The van der Waals surface area contributed by atoms with Crippen LogP contribution in [0, 0.1) is 5.41 Å². The molecule has 0 aliphatic rings. The van der Waals surface area contributed by atoms with Gasteiger partial charge in [-0.25, -0.2) is 9.59 Å². The van der Waals surface area contributed by atoms with Gasteiger partial charge in [-0.3, -0.25) is 10.2 Å². The molecular weight excluding hydrogens is 527 g/mol. The summed E-state index contributed by atoms with van der Waals surface area (Å²) >= 11 is 0. The number of carbonyl (C=O) groups excluding carboxylic acids is 3. The van der Waals surface area contributed by atoms with E-state index in [-0.39, 0.29) is 23.3 Å². The first-order valence-corrected chi connectivity index (χ1v) is 12.2. The number of phenolic OH excluding ortho intramolecular Hbond substituents is 1. The summed E-state index contributed by atoms with van der Waals surface area (Å²) in [6.07, 6.45) is -5.43. The Morgan fingerprint density at radius 3 is 2.05 bits per heavy atom. The molecule has 4 rings (SSSR count). The van der Waals surface area contributed by atoms with Gasteiger partial charge in [0.05, 0.1) is 24.1 Å². The van der Waals surface area contributed by atoms with Gasteiger partial charge in [-0.15, -0.1) is 0 Å². The summed E-state index contributed by atoms with van der Waals surface area (Å²) in [6.45, 7) is 5.03. The minimum absolute atomic E-state index is 0.0311. The summed E-state index contributed by atoms with van der Waals surface area (Å²) in [5.74, 6) is -5.76. The lowest BCUT2D eigenvalue weighted by atomic mass is 9.83. The van der Waals surface area contributed by atoms with Crippen LogP contribution in [0.1, 0.15) is 52.6 Å². The van der Waals surface area contributed by atoms with Crippen LogP contribution in [0.5, 0.6) is 5.75 Å². The molecule has 0 unspecified atom stereocenters. The number of hydrogen-bond donors (Lipinski definition) is 2. The monoisotopic (exact) mass is 553 g/mol. The van der Waals surface area contributed by atoms with Crippen LogP contribution in [0.2, 0.25) is 0 Å². The van der Waals surface area contributed by atoms with Crippen LogP contribution in [-0.4, -0.2) is 38.1 Å². The number of imidazole rings is 1. The molecular formula is C29H26F3N3O5. The van der Waals surface area contributed by atoms with E-state index in [1.54, 1.807) is 37.5 Å². The number of alkyl halides is 3. The summed E-state index contributed by atoms with van der Waals surface area (Å²) < 4.78 is 45.2. The van der Waals surface area contributed by atoms with Gasteiger partial charge in [0.2, 0.25) is 5.62 Å². The molecule has 40 heavy (non-hydrogen) atoms. The van der Waals surface area contributed by atoms with Gasteiger partial charge < -0.3 is 19.0 Å². The van der Waals surface area contributed by atoms with E-state index in [2.05, 4.69) is 4.74 Å². The number of halogens is 3. The molecule has 0 amide bonds. The maximum atomic E-state index is 13.5. The molecule has 208 valence electrons. The van der Waals surface area contributed by atoms with Crippen molar-refractivity contribution in [2.24, 2.45) is 0 Å². The molecule has 0 aliphatic carbocycles. The molecule has 0 radical (unpaired) electrons. The third kappa shape index (κ3) is 5.68. The maximum absolute atomic E-state index is 13.5. The maximum Gasteiger partial charge on any atom is 0.491 e. The molecule has 1 heterocycles. The molecule has 0 bridgehead atoms. The third-order valence-corrected chi connectivity index (χ3v) is 6.34. The molecule has 0 fully saturated rings. The van der Waals surface area contributed by atoms with Crippen molar-refractivity contribution < 1.29 is 37.4 Å². The number of ketones is 1. The van der Waals surface area contributed by atoms with E-state index in [1.807, 2.05) is 42.5 Å². The van der Waals surface area contributed by atoms with Crippen molar-refractivity contribution in [3.8, 4) is 5.75 Å². The number of carbonyl (C=O) groups is 3. The second-order valence-corrected chi connectivity index (χ2v) is 10.2. The van der Waals surface area contributed by atoms with E-state index in [0.717, 1.165) is 11.6 Å². The molecule has 0 spiro atoms. The van der Waals surface area contributed by atoms with Gasteiger partial charge in [-0.2, -0.15) is 13.2 Å². The van der Waals surface area contributed by atoms with E-state index in [0.29, 0.717) is 17.6 Å². The molecule has 0 aliphatic heterocycles. The van der Waals surface area contributed by atoms with Crippen LogP contribution >= 0.6 is 0 Å². The average molecular weight is 554 g/mol. The number of phenols is 1. The summed E-state index contributed by atoms with van der Waals surface area (Å²) in [5.41, 5.74) is 0.665. The fourth-order valence-corrected chi connectivity index (χ4v) is 4.34. The predicted molar refractivity (Wildman–Crippen MR) is 139 cm³/mol. The number of hydrogen-bond acceptors (Lipinski definition) is 6. The Balaban J connectivity index is 1.76. The zero-order valence-electron chi connectivity index (χ0n) is 21.9. The Hall–Kier alpha value is -4.67. The lowest BCUT2D eigenvalue weighted by Gasteiger charge is -2.22. The third-order valence-electron chi connectivity index (χ3n) is 6.34. The van der Waals surface area contributed by atoms with Gasteiger partial charge >= 0.3 is 18.1 Å². The summed E-state index contributed by atoms with van der Waals surface area (Å²) in [5, 5.41) is 19.5. The van der Waals surface area contributed by atoms with Gasteiger partial charge in [0.15, 0.2) is 5.78 Å². The van der Waals surface area contributed by atoms with Gasteiger partial charge in [0, 0.05) is 11.1 Å². The Morgan fingerprint density at radius 1 is 0.900 bits per heavy atom. The highest BCUT2D eigenvalue weighted by Crippen LogP contribution is 2.35. The number of nitrogens with one attached hydrogen (secondary N) is 1. The number of nitrogens with zero attached hydrogens (tertiary/aromatic N) is 2. The number of benzene rings is 3. The molecule has 11 heteroatoms. The molecule has 2 N–H and O–H groups in total. The molecule has 4 aromatic rings. The standard InChI is InChI=1S/C29H26F3N3O5/c1-28(2,3)20-14-18(13-19(24(20)37)25(38)40-26(39)29(30,31)32)23(36)16-35-22-12-8-7-11-21(22)34(27(35)33)15-17-9-5-4-6-10-17/h4-14,33,37H,15-16H2,1-3H3. The van der Waals surface area contributed by atoms with Crippen molar-refractivity contribution >= 4 is 28.8 Å². The molecule has 0 atom stereocenters. The van der Waals surface area contributed by atoms with Crippen LogP contribution in [0.4, 0.5) is 13.2 Å². The Morgan fingerprint density at radius 2 is 1.48 bits per heavy atom. The minimum Gasteiger partial charge on any atom is -0.507 e. The minimum atomic E-state index is -5.43. The number of aromatic nitrogens is 2. The van der Waals surface area contributed by atoms with Crippen molar-refractivity contribution in [3.63, 3.8) is 0 Å². The van der Waals surface area contributed by atoms with E-state index in [4.69, 9.17) is 5.41 Å². The van der Waals surface area contributed by atoms with Crippen LogP contribution in [0.15, 0.2) is 66.7 Å². The fourth-order valence-electron chi connectivity index (χ4n) is 4.34. The number of fused-ring (bicyclic) bond motifs is 1. The normalized spacial score (nSPS) is 11.9. The van der Waals surface area contributed by atoms with Crippen LogP contribution in [-0.2, 0) is 28.0 Å². The highest BCUT2D eigenvalue weighted by Gasteiger charge is 2.43. The average Bonchev–Trinajstić information content (AvgIpc) is 3.14. The van der Waals surface area contributed by atoms with E-state index < -0.39 is 40.6 Å². The Bertz CT molecular complexity index is 1680.